The van der Waals surface area contributed by atoms with Crippen molar-refractivity contribution in [3.05, 3.63) is 20.8 Å². The van der Waals surface area contributed by atoms with Gasteiger partial charge in [0, 0.05) is 12.6 Å². The lowest BCUT2D eigenvalue weighted by molar-refractivity contribution is 0.217. The molecule has 0 radical (unpaired) electrons. The number of rotatable bonds is 4. The fraction of sp³-hybridized carbons (Fsp3) is 0.733. The second-order valence-corrected chi connectivity index (χ2v) is 6.60. The average Bonchev–Trinajstić information content (AvgIpc) is 2.40. The number of hydrogen-bond acceptors (Lipinski definition) is 4. The first-order chi connectivity index (χ1) is 9.86. The molecule has 1 unspecified atom stereocenters. The molecule has 0 spiro atoms. The molecule has 1 saturated carbocycles. The van der Waals surface area contributed by atoms with Gasteiger partial charge in [0.25, 0.3) is 5.56 Å². The van der Waals surface area contributed by atoms with E-state index in [2.05, 4.69) is 24.1 Å². The van der Waals surface area contributed by atoms with E-state index in [1.54, 1.807) is 0 Å². The van der Waals surface area contributed by atoms with Gasteiger partial charge in [0.2, 0.25) is 0 Å². The van der Waals surface area contributed by atoms with Crippen molar-refractivity contribution in [1.29, 1.82) is 0 Å². The molecule has 0 saturated heterocycles. The summed E-state index contributed by atoms with van der Waals surface area (Å²) in [7, 11) is 0. The Morgan fingerprint density at radius 2 is 2.10 bits per heavy atom. The van der Waals surface area contributed by atoms with E-state index in [9.17, 15) is 9.59 Å². The summed E-state index contributed by atoms with van der Waals surface area (Å²) in [4.78, 5) is 26.3. The van der Waals surface area contributed by atoms with Crippen LogP contribution in [0.15, 0.2) is 9.59 Å². The lowest BCUT2D eigenvalue weighted by Gasteiger charge is -2.39. The first-order valence-corrected chi connectivity index (χ1v) is 7.76. The first kappa shape index (κ1) is 15.7. The highest BCUT2D eigenvalue weighted by Gasteiger charge is 2.33. The Bertz CT molecular complexity index is 615. The maximum absolute atomic E-state index is 12.1. The standard InChI is InChI=1S/C15H26N4O2/c1-4-9-19-12(16)11(13(20)18-14(19)21)17-10-7-5-6-8-15(10,2)3/h10,17H,4-9,16H2,1-3H3,(H,18,20,21). The molecule has 1 fully saturated rings. The molecule has 2 rings (SSSR count). The van der Waals surface area contributed by atoms with Crippen LogP contribution in [0.4, 0.5) is 11.5 Å². The quantitative estimate of drug-likeness (QED) is 0.791. The van der Waals surface area contributed by atoms with Crippen LogP contribution >= 0.6 is 0 Å². The Morgan fingerprint density at radius 3 is 2.71 bits per heavy atom. The second kappa shape index (κ2) is 5.95. The van der Waals surface area contributed by atoms with Gasteiger partial charge < -0.3 is 11.1 Å². The Morgan fingerprint density at radius 1 is 1.38 bits per heavy atom. The highest BCUT2D eigenvalue weighted by Crippen LogP contribution is 2.37. The summed E-state index contributed by atoms with van der Waals surface area (Å²) >= 11 is 0. The third-order valence-electron chi connectivity index (χ3n) is 4.51. The molecule has 0 bridgehead atoms. The van der Waals surface area contributed by atoms with Gasteiger partial charge in [0.05, 0.1) is 0 Å². The van der Waals surface area contributed by atoms with Gasteiger partial charge in [-0.3, -0.25) is 14.3 Å². The summed E-state index contributed by atoms with van der Waals surface area (Å²) in [5.74, 6) is 0.243. The normalized spacial score (nSPS) is 21.2. The number of nitrogen functional groups attached to an aromatic ring is 1. The molecule has 1 heterocycles. The number of hydrogen-bond donors (Lipinski definition) is 3. The summed E-state index contributed by atoms with van der Waals surface area (Å²) in [5.41, 5.74) is 5.65. The zero-order valence-corrected chi connectivity index (χ0v) is 13.2. The van der Waals surface area contributed by atoms with Crippen LogP contribution in [-0.4, -0.2) is 15.6 Å². The zero-order chi connectivity index (χ0) is 15.6. The molecule has 1 aliphatic carbocycles. The number of aromatic amines is 1. The number of nitrogens with zero attached hydrogens (tertiary/aromatic N) is 1. The van der Waals surface area contributed by atoms with Gasteiger partial charge >= 0.3 is 5.69 Å². The van der Waals surface area contributed by atoms with E-state index < -0.39 is 11.2 Å². The van der Waals surface area contributed by atoms with Crippen molar-refractivity contribution in [3.8, 4) is 0 Å². The predicted octanol–water partition coefficient (Wildman–Crippen LogP) is 1.91. The summed E-state index contributed by atoms with van der Waals surface area (Å²) < 4.78 is 1.43. The van der Waals surface area contributed by atoms with Crippen molar-refractivity contribution in [1.82, 2.24) is 9.55 Å². The van der Waals surface area contributed by atoms with Gasteiger partial charge in [-0.15, -0.1) is 0 Å². The summed E-state index contributed by atoms with van der Waals surface area (Å²) in [6.07, 6.45) is 5.28. The molecule has 1 aromatic heterocycles. The van der Waals surface area contributed by atoms with E-state index in [0.717, 1.165) is 25.7 Å². The van der Waals surface area contributed by atoms with Crippen LogP contribution in [0.3, 0.4) is 0 Å². The summed E-state index contributed by atoms with van der Waals surface area (Å²) in [6.45, 7) is 6.88. The van der Waals surface area contributed by atoms with Crippen LogP contribution in [0.25, 0.3) is 0 Å². The van der Waals surface area contributed by atoms with Crippen LogP contribution in [0.1, 0.15) is 52.9 Å². The lowest BCUT2D eigenvalue weighted by atomic mass is 9.73. The molecule has 118 valence electrons. The molecule has 1 aliphatic rings. The lowest BCUT2D eigenvalue weighted by Crippen LogP contribution is -2.42. The molecule has 0 amide bonds. The highest BCUT2D eigenvalue weighted by molar-refractivity contribution is 5.61. The van der Waals surface area contributed by atoms with Gasteiger partial charge in [0.1, 0.15) is 11.5 Å². The van der Waals surface area contributed by atoms with Gasteiger partial charge in [-0.05, 0) is 24.7 Å². The average molecular weight is 294 g/mol. The maximum atomic E-state index is 12.1. The minimum Gasteiger partial charge on any atom is -0.383 e. The molecule has 1 aromatic rings. The van der Waals surface area contributed by atoms with Gasteiger partial charge in [-0.2, -0.15) is 0 Å². The third kappa shape index (κ3) is 3.14. The van der Waals surface area contributed by atoms with E-state index in [0.29, 0.717) is 12.2 Å². The third-order valence-corrected chi connectivity index (χ3v) is 4.51. The van der Waals surface area contributed by atoms with E-state index in [1.807, 2.05) is 6.92 Å². The molecule has 21 heavy (non-hydrogen) atoms. The zero-order valence-electron chi connectivity index (χ0n) is 13.2. The molecule has 6 heteroatoms. The van der Waals surface area contributed by atoms with Crippen molar-refractivity contribution < 1.29 is 0 Å². The number of aromatic nitrogens is 2. The van der Waals surface area contributed by atoms with Crippen LogP contribution in [0, 0.1) is 5.41 Å². The van der Waals surface area contributed by atoms with E-state index in [1.165, 1.54) is 11.0 Å². The molecule has 0 aromatic carbocycles. The van der Waals surface area contributed by atoms with Crippen molar-refractivity contribution in [3.63, 3.8) is 0 Å². The van der Waals surface area contributed by atoms with Crippen LogP contribution < -0.4 is 22.3 Å². The molecular formula is C15H26N4O2. The van der Waals surface area contributed by atoms with Crippen molar-refractivity contribution in [2.24, 2.45) is 5.41 Å². The predicted molar refractivity (Wildman–Crippen MR) is 85.7 cm³/mol. The van der Waals surface area contributed by atoms with Gasteiger partial charge in [-0.1, -0.05) is 33.6 Å². The minimum atomic E-state index is -0.437. The smallest absolute Gasteiger partial charge is 0.330 e. The number of nitrogens with one attached hydrogen (secondary N) is 2. The fourth-order valence-corrected chi connectivity index (χ4v) is 3.11. The minimum absolute atomic E-state index is 0.114. The molecular weight excluding hydrogens is 268 g/mol. The first-order valence-electron chi connectivity index (χ1n) is 7.76. The maximum Gasteiger partial charge on any atom is 0.330 e. The molecule has 0 aliphatic heterocycles. The Hall–Kier alpha value is -1.72. The Kier molecular flexibility index (Phi) is 4.44. The van der Waals surface area contributed by atoms with Gasteiger partial charge in [-0.25, -0.2) is 4.79 Å². The van der Waals surface area contributed by atoms with Crippen LogP contribution in [0.2, 0.25) is 0 Å². The topological polar surface area (TPSA) is 92.9 Å². The SMILES string of the molecule is CCCn1c(N)c(NC2CCCCC2(C)C)c(=O)[nH]c1=O. The number of H-pyrrole nitrogens is 1. The van der Waals surface area contributed by atoms with Crippen LogP contribution in [-0.2, 0) is 6.54 Å². The van der Waals surface area contributed by atoms with E-state index >= 15 is 0 Å². The van der Waals surface area contributed by atoms with Crippen molar-refractivity contribution in [2.45, 2.75) is 65.5 Å². The Balaban J connectivity index is 2.38. The number of anilines is 2. The van der Waals surface area contributed by atoms with Crippen molar-refractivity contribution >= 4 is 11.5 Å². The highest BCUT2D eigenvalue weighted by atomic mass is 16.2. The largest absolute Gasteiger partial charge is 0.383 e. The van der Waals surface area contributed by atoms with Crippen LogP contribution in [0.5, 0.6) is 0 Å². The summed E-state index contributed by atoms with van der Waals surface area (Å²) in [6, 6.07) is 0.197. The van der Waals surface area contributed by atoms with E-state index in [4.69, 9.17) is 5.73 Å². The van der Waals surface area contributed by atoms with E-state index in [-0.39, 0.29) is 17.3 Å². The fourth-order valence-electron chi connectivity index (χ4n) is 3.11. The number of nitrogens with two attached hydrogens (primary N) is 1. The molecule has 1 atom stereocenters. The second-order valence-electron chi connectivity index (χ2n) is 6.60. The van der Waals surface area contributed by atoms with Crippen molar-refractivity contribution in [2.75, 3.05) is 11.1 Å². The van der Waals surface area contributed by atoms with Gasteiger partial charge in [0.15, 0.2) is 0 Å². The summed E-state index contributed by atoms with van der Waals surface area (Å²) in [5, 5.41) is 3.31. The molecule has 6 nitrogen and oxygen atoms in total. The monoisotopic (exact) mass is 294 g/mol. The Labute approximate surface area is 124 Å². The molecule has 4 N–H and O–H groups in total.